The van der Waals surface area contributed by atoms with E-state index in [1.54, 1.807) is 4.57 Å². The number of aromatic nitrogens is 4. The first-order valence-corrected chi connectivity index (χ1v) is 10.2. The van der Waals surface area contributed by atoms with Gasteiger partial charge in [0.05, 0.1) is 16.7 Å². The largest absolute Gasteiger partial charge is 0.329 e. The molecule has 7 nitrogen and oxygen atoms in total. The van der Waals surface area contributed by atoms with E-state index in [4.69, 9.17) is 0 Å². The van der Waals surface area contributed by atoms with Gasteiger partial charge in [-0.1, -0.05) is 30.3 Å². The Labute approximate surface area is 178 Å². The lowest BCUT2D eigenvalue weighted by Crippen LogP contribution is -2.29. The number of aryl methyl sites for hydroxylation is 1. The third kappa shape index (κ3) is 3.40. The van der Waals surface area contributed by atoms with Crippen molar-refractivity contribution >= 4 is 28.3 Å². The van der Waals surface area contributed by atoms with Crippen LogP contribution >= 0.6 is 0 Å². The molecule has 0 spiro atoms. The van der Waals surface area contributed by atoms with E-state index in [1.165, 1.54) is 4.57 Å². The highest BCUT2D eigenvalue weighted by Gasteiger charge is 2.14. The lowest BCUT2D eigenvalue weighted by atomic mass is 10.1. The molecule has 2 aromatic carbocycles. The van der Waals surface area contributed by atoms with Crippen LogP contribution < -0.4 is 11.0 Å². The second kappa shape index (κ2) is 7.60. The monoisotopic (exact) mass is 411 g/mol. The lowest BCUT2D eigenvalue weighted by Gasteiger charge is -2.07. The highest BCUT2D eigenvalue weighted by molar-refractivity contribution is 5.92. The number of rotatable bonds is 5. The molecule has 3 aromatic heterocycles. The van der Waals surface area contributed by atoms with Gasteiger partial charge in [-0.05, 0) is 43.3 Å². The second-order valence-corrected chi connectivity index (χ2v) is 7.32. The number of carbonyl (C=O) groups excluding carboxylic acids is 1. The molecule has 7 heteroatoms. The van der Waals surface area contributed by atoms with Crippen LogP contribution in [0.25, 0.3) is 27.9 Å². The summed E-state index contributed by atoms with van der Waals surface area (Å²) in [6.07, 6.45) is 3.93. The highest BCUT2D eigenvalue weighted by atomic mass is 16.2. The molecule has 0 fully saturated rings. The minimum Gasteiger partial charge on any atom is -0.325 e. The molecular formula is C24H21N5O2. The van der Waals surface area contributed by atoms with E-state index in [0.717, 1.165) is 27.9 Å². The van der Waals surface area contributed by atoms with Crippen LogP contribution in [0.4, 0.5) is 5.69 Å². The van der Waals surface area contributed by atoms with Crippen molar-refractivity contribution in [3.63, 3.8) is 0 Å². The van der Waals surface area contributed by atoms with E-state index in [9.17, 15) is 9.59 Å². The van der Waals surface area contributed by atoms with Crippen LogP contribution in [-0.2, 0) is 17.9 Å². The predicted molar refractivity (Wildman–Crippen MR) is 121 cm³/mol. The van der Waals surface area contributed by atoms with Gasteiger partial charge in [0.25, 0.3) is 0 Å². The van der Waals surface area contributed by atoms with E-state index in [1.807, 2.05) is 90.4 Å². The summed E-state index contributed by atoms with van der Waals surface area (Å²) in [4.78, 5) is 30.0. The molecule has 0 aliphatic carbocycles. The standard InChI is InChI=1S/C24H21N5O2/c1-2-28-20-7-3-4-8-21(20)29(24(28)31)16-23(30)25-18-12-10-17(11-13-18)19-15-27-14-6-5-9-22(27)26-19/h3-15H,2,16H2,1H3,(H,25,30). The van der Waals surface area contributed by atoms with E-state index >= 15 is 0 Å². The van der Waals surface area contributed by atoms with Crippen molar-refractivity contribution in [1.29, 1.82) is 0 Å². The molecule has 0 saturated carbocycles. The Morgan fingerprint density at radius 2 is 1.65 bits per heavy atom. The van der Waals surface area contributed by atoms with Gasteiger partial charge in [0, 0.05) is 30.2 Å². The Bertz CT molecular complexity index is 1420. The first-order chi connectivity index (χ1) is 15.1. The summed E-state index contributed by atoms with van der Waals surface area (Å²) in [7, 11) is 0. The van der Waals surface area contributed by atoms with Crippen molar-refractivity contribution in [3.8, 4) is 11.3 Å². The van der Waals surface area contributed by atoms with Crippen molar-refractivity contribution < 1.29 is 4.79 Å². The van der Waals surface area contributed by atoms with E-state index in [2.05, 4.69) is 10.3 Å². The van der Waals surface area contributed by atoms with Crippen LogP contribution in [0.2, 0.25) is 0 Å². The third-order valence-corrected chi connectivity index (χ3v) is 5.37. The molecule has 0 saturated heterocycles. The zero-order valence-corrected chi connectivity index (χ0v) is 17.0. The minimum atomic E-state index is -0.249. The van der Waals surface area contributed by atoms with Crippen LogP contribution in [0.5, 0.6) is 0 Å². The maximum Gasteiger partial charge on any atom is 0.329 e. The summed E-state index contributed by atoms with van der Waals surface area (Å²) < 4.78 is 5.15. The Morgan fingerprint density at radius 1 is 0.935 bits per heavy atom. The molecule has 3 heterocycles. The molecule has 1 amide bonds. The number of anilines is 1. The summed E-state index contributed by atoms with van der Waals surface area (Å²) in [6.45, 7) is 2.43. The quantitative estimate of drug-likeness (QED) is 0.478. The number of nitrogens with zero attached hydrogens (tertiary/aromatic N) is 4. The molecule has 1 N–H and O–H groups in total. The van der Waals surface area contributed by atoms with Gasteiger partial charge in [-0.3, -0.25) is 13.9 Å². The SMILES string of the molecule is CCn1c(=O)n(CC(=O)Nc2ccc(-c3cn4ccccc4n3)cc2)c2ccccc21. The molecule has 0 unspecified atom stereocenters. The normalized spacial score (nSPS) is 11.3. The number of hydrogen-bond acceptors (Lipinski definition) is 3. The topological polar surface area (TPSA) is 73.3 Å². The Morgan fingerprint density at radius 3 is 2.35 bits per heavy atom. The summed E-state index contributed by atoms with van der Waals surface area (Å²) >= 11 is 0. The van der Waals surface area contributed by atoms with Crippen molar-refractivity contribution in [2.45, 2.75) is 20.0 Å². The summed E-state index contributed by atoms with van der Waals surface area (Å²) in [5.41, 5.74) is 4.79. The first kappa shape index (κ1) is 18.9. The first-order valence-electron chi connectivity index (χ1n) is 10.2. The number of hydrogen-bond donors (Lipinski definition) is 1. The highest BCUT2D eigenvalue weighted by Crippen LogP contribution is 2.21. The summed E-state index contributed by atoms with van der Waals surface area (Å²) in [6, 6.07) is 20.9. The van der Waals surface area contributed by atoms with E-state index < -0.39 is 0 Å². The molecular weight excluding hydrogens is 390 g/mol. The smallest absolute Gasteiger partial charge is 0.325 e. The predicted octanol–water partition coefficient (Wildman–Crippen LogP) is 3.78. The fraction of sp³-hybridized carbons (Fsp3) is 0.125. The zero-order chi connectivity index (χ0) is 21.4. The number of carbonyl (C=O) groups is 1. The molecule has 31 heavy (non-hydrogen) atoms. The van der Waals surface area contributed by atoms with Crippen molar-refractivity contribution in [3.05, 3.63) is 89.6 Å². The number of pyridine rings is 1. The van der Waals surface area contributed by atoms with Gasteiger partial charge in [0.2, 0.25) is 5.91 Å². The molecule has 5 aromatic rings. The number of benzene rings is 2. The van der Waals surface area contributed by atoms with Crippen LogP contribution in [0.1, 0.15) is 6.92 Å². The Balaban J connectivity index is 1.35. The molecule has 0 radical (unpaired) electrons. The Kier molecular flexibility index (Phi) is 4.63. The molecule has 0 aliphatic heterocycles. The van der Waals surface area contributed by atoms with Crippen molar-refractivity contribution in [2.75, 3.05) is 5.32 Å². The fourth-order valence-electron chi connectivity index (χ4n) is 3.87. The molecule has 0 atom stereocenters. The van der Waals surface area contributed by atoms with Crippen LogP contribution in [0.15, 0.2) is 83.9 Å². The molecule has 0 bridgehead atoms. The van der Waals surface area contributed by atoms with Gasteiger partial charge in [0.15, 0.2) is 0 Å². The van der Waals surface area contributed by atoms with E-state index in [-0.39, 0.29) is 18.1 Å². The van der Waals surface area contributed by atoms with Crippen molar-refractivity contribution in [2.24, 2.45) is 0 Å². The van der Waals surface area contributed by atoms with Crippen LogP contribution in [0.3, 0.4) is 0 Å². The van der Waals surface area contributed by atoms with Gasteiger partial charge in [-0.15, -0.1) is 0 Å². The number of para-hydroxylation sites is 2. The minimum absolute atomic E-state index is 0.0411. The fourth-order valence-corrected chi connectivity index (χ4v) is 3.87. The average molecular weight is 411 g/mol. The van der Waals surface area contributed by atoms with Crippen LogP contribution in [-0.4, -0.2) is 24.4 Å². The van der Waals surface area contributed by atoms with Gasteiger partial charge >= 0.3 is 5.69 Å². The van der Waals surface area contributed by atoms with Gasteiger partial charge in [-0.25, -0.2) is 9.78 Å². The molecule has 0 aliphatic rings. The van der Waals surface area contributed by atoms with Gasteiger partial charge in [-0.2, -0.15) is 0 Å². The molecule has 154 valence electrons. The maximum absolute atomic E-state index is 12.7. The van der Waals surface area contributed by atoms with Gasteiger partial charge in [0.1, 0.15) is 12.2 Å². The second-order valence-electron chi connectivity index (χ2n) is 7.32. The maximum atomic E-state index is 12.7. The van der Waals surface area contributed by atoms with Gasteiger partial charge < -0.3 is 9.72 Å². The van der Waals surface area contributed by atoms with Crippen molar-refractivity contribution in [1.82, 2.24) is 18.5 Å². The molecule has 5 rings (SSSR count). The Hall–Kier alpha value is -4.13. The average Bonchev–Trinajstić information content (AvgIpc) is 3.33. The zero-order valence-electron chi connectivity index (χ0n) is 17.0. The number of nitrogens with one attached hydrogen (secondary N) is 1. The summed E-state index contributed by atoms with van der Waals surface area (Å²) in [5.74, 6) is -0.249. The number of amides is 1. The van der Waals surface area contributed by atoms with Crippen LogP contribution in [0, 0.1) is 0 Å². The number of imidazole rings is 2. The van der Waals surface area contributed by atoms with E-state index in [0.29, 0.717) is 12.2 Å². The number of fused-ring (bicyclic) bond motifs is 2. The lowest BCUT2D eigenvalue weighted by molar-refractivity contribution is -0.116. The summed E-state index contributed by atoms with van der Waals surface area (Å²) in [5, 5.41) is 2.88. The third-order valence-electron chi connectivity index (χ3n) is 5.37.